The molecule has 0 radical (unpaired) electrons. The molecule has 0 bridgehead atoms. The highest BCUT2D eigenvalue weighted by Gasteiger charge is 2.24. The van der Waals surface area contributed by atoms with E-state index in [1.807, 2.05) is 13.0 Å². The Morgan fingerprint density at radius 2 is 2.44 bits per heavy atom. The lowest BCUT2D eigenvalue weighted by Crippen LogP contribution is -2.36. The van der Waals surface area contributed by atoms with Gasteiger partial charge in [0, 0.05) is 29.7 Å². The van der Waals surface area contributed by atoms with Crippen LogP contribution >= 0.6 is 11.8 Å². The van der Waals surface area contributed by atoms with Crippen LogP contribution < -0.4 is 5.32 Å². The molecule has 88 valence electrons. The predicted octanol–water partition coefficient (Wildman–Crippen LogP) is 0.990. The van der Waals surface area contributed by atoms with Gasteiger partial charge < -0.3 is 10.4 Å². The Balaban J connectivity index is 1.80. The molecule has 16 heavy (non-hydrogen) atoms. The highest BCUT2D eigenvalue weighted by atomic mass is 32.2. The topological polar surface area (TPSA) is 58.0 Å². The number of aliphatic hydroxyl groups excluding tert-OH is 1. The van der Waals surface area contributed by atoms with Gasteiger partial charge in [0.1, 0.15) is 0 Å². The fourth-order valence-corrected chi connectivity index (χ4v) is 2.30. The van der Waals surface area contributed by atoms with E-state index in [1.54, 1.807) is 18.0 Å². The van der Waals surface area contributed by atoms with Crippen LogP contribution in [0.2, 0.25) is 0 Å². The maximum Gasteiger partial charge on any atom is 0.187 e. The molecule has 1 atom stereocenters. The van der Waals surface area contributed by atoms with Gasteiger partial charge in [-0.05, 0) is 25.8 Å². The summed E-state index contributed by atoms with van der Waals surface area (Å²) in [4.78, 5) is 8.50. The van der Waals surface area contributed by atoms with Gasteiger partial charge in [-0.3, -0.25) is 0 Å². The molecule has 4 nitrogen and oxygen atoms in total. The van der Waals surface area contributed by atoms with E-state index in [2.05, 4.69) is 15.3 Å². The Kier molecular flexibility index (Phi) is 4.15. The second kappa shape index (κ2) is 5.61. The van der Waals surface area contributed by atoms with Crippen LogP contribution in [0.5, 0.6) is 0 Å². The van der Waals surface area contributed by atoms with E-state index in [0.29, 0.717) is 6.04 Å². The fourth-order valence-electron chi connectivity index (χ4n) is 1.41. The molecule has 1 aliphatic rings. The fraction of sp³-hybridized carbons (Fsp3) is 0.636. The number of hydrogen-bond donors (Lipinski definition) is 2. The largest absolute Gasteiger partial charge is 0.395 e. The average molecular weight is 239 g/mol. The van der Waals surface area contributed by atoms with E-state index in [0.717, 1.165) is 16.6 Å². The smallest absolute Gasteiger partial charge is 0.187 e. The van der Waals surface area contributed by atoms with E-state index in [-0.39, 0.29) is 12.6 Å². The highest BCUT2D eigenvalue weighted by Crippen LogP contribution is 2.21. The maximum absolute atomic E-state index is 9.22. The number of hydrogen-bond acceptors (Lipinski definition) is 5. The average Bonchev–Trinajstić information content (AvgIpc) is 3.08. The van der Waals surface area contributed by atoms with Crippen molar-refractivity contribution in [3.63, 3.8) is 0 Å². The van der Waals surface area contributed by atoms with Crippen LogP contribution in [0.3, 0.4) is 0 Å². The lowest BCUT2D eigenvalue weighted by Gasteiger charge is -2.14. The molecule has 1 aliphatic carbocycles. The molecule has 1 aromatic rings. The lowest BCUT2D eigenvalue weighted by molar-refractivity contribution is 0.253. The number of rotatable bonds is 6. The predicted molar refractivity (Wildman–Crippen MR) is 64.5 cm³/mol. The molecule has 0 amide bonds. The number of thioether (sulfide) groups is 1. The van der Waals surface area contributed by atoms with Crippen molar-refractivity contribution in [1.29, 1.82) is 0 Å². The summed E-state index contributed by atoms with van der Waals surface area (Å²) in [5, 5.41) is 13.4. The van der Waals surface area contributed by atoms with Crippen molar-refractivity contribution < 1.29 is 5.11 Å². The van der Waals surface area contributed by atoms with Gasteiger partial charge in [-0.1, -0.05) is 11.8 Å². The number of aromatic nitrogens is 2. The van der Waals surface area contributed by atoms with E-state index in [4.69, 9.17) is 0 Å². The number of aliphatic hydroxyl groups is 1. The van der Waals surface area contributed by atoms with Crippen molar-refractivity contribution >= 4 is 11.8 Å². The quantitative estimate of drug-likeness (QED) is 0.573. The molecular formula is C11H17N3OS. The molecule has 2 N–H and O–H groups in total. The molecule has 1 heterocycles. The van der Waals surface area contributed by atoms with Gasteiger partial charge in [0.05, 0.1) is 6.61 Å². The maximum atomic E-state index is 9.22. The number of aryl methyl sites for hydroxylation is 1. The molecule has 0 saturated heterocycles. The minimum absolute atomic E-state index is 0.154. The first-order chi connectivity index (χ1) is 7.78. The van der Waals surface area contributed by atoms with Crippen LogP contribution in [-0.2, 0) is 0 Å². The third kappa shape index (κ3) is 3.73. The normalized spacial score (nSPS) is 17.4. The third-order valence-electron chi connectivity index (χ3n) is 2.46. The summed E-state index contributed by atoms with van der Waals surface area (Å²) in [6, 6.07) is 2.66. The van der Waals surface area contributed by atoms with Gasteiger partial charge in [0.2, 0.25) is 0 Å². The monoisotopic (exact) mass is 239 g/mol. The molecule has 5 heteroatoms. The molecule has 2 rings (SSSR count). The summed E-state index contributed by atoms with van der Waals surface area (Å²) < 4.78 is 0. The van der Waals surface area contributed by atoms with Gasteiger partial charge in [-0.15, -0.1) is 0 Å². The molecule has 0 aromatic carbocycles. The second-order valence-electron chi connectivity index (χ2n) is 4.11. The van der Waals surface area contributed by atoms with E-state index in [9.17, 15) is 5.11 Å². The number of nitrogens with zero attached hydrogens (tertiary/aromatic N) is 2. The van der Waals surface area contributed by atoms with E-state index >= 15 is 0 Å². The van der Waals surface area contributed by atoms with Gasteiger partial charge in [0.15, 0.2) is 5.16 Å². The van der Waals surface area contributed by atoms with Crippen LogP contribution in [0, 0.1) is 6.92 Å². The molecule has 1 aromatic heterocycles. The summed E-state index contributed by atoms with van der Waals surface area (Å²) in [5.41, 5.74) is 0.980. The van der Waals surface area contributed by atoms with Crippen LogP contribution in [0.1, 0.15) is 18.5 Å². The minimum atomic E-state index is 0.154. The molecule has 1 unspecified atom stereocenters. The van der Waals surface area contributed by atoms with Crippen molar-refractivity contribution in [1.82, 2.24) is 15.3 Å². The third-order valence-corrected chi connectivity index (χ3v) is 3.48. The summed E-state index contributed by atoms with van der Waals surface area (Å²) in [5.74, 6) is 0.816. The minimum Gasteiger partial charge on any atom is -0.395 e. The first kappa shape index (κ1) is 11.8. The number of nitrogens with one attached hydrogen (secondary N) is 1. The molecule has 1 fully saturated rings. The van der Waals surface area contributed by atoms with Crippen molar-refractivity contribution in [2.45, 2.75) is 37.0 Å². The van der Waals surface area contributed by atoms with Gasteiger partial charge in [-0.25, -0.2) is 9.97 Å². The van der Waals surface area contributed by atoms with Gasteiger partial charge in [0.25, 0.3) is 0 Å². The van der Waals surface area contributed by atoms with E-state index in [1.165, 1.54) is 12.8 Å². The molecular weight excluding hydrogens is 222 g/mol. The Bertz CT molecular complexity index is 344. The lowest BCUT2D eigenvalue weighted by atomic mass is 10.3. The van der Waals surface area contributed by atoms with Crippen LogP contribution in [0.4, 0.5) is 0 Å². The zero-order valence-corrected chi connectivity index (χ0v) is 10.2. The summed E-state index contributed by atoms with van der Waals surface area (Å²) >= 11 is 1.59. The molecule has 0 spiro atoms. The van der Waals surface area contributed by atoms with Crippen molar-refractivity contribution in [2.24, 2.45) is 0 Å². The summed E-state index contributed by atoms with van der Waals surface area (Å²) in [6.45, 7) is 2.13. The van der Waals surface area contributed by atoms with E-state index < -0.39 is 0 Å². The summed E-state index contributed by atoms with van der Waals surface area (Å²) in [6.07, 6.45) is 4.25. The van der Waals surface area contributed by atoms with Crippen LogP contribution in [0.15, 0.2) is 17.4 Å². The first-order valence-electron chi connectivity index (χ1n) is 5.57. The second-order valence-corrected chi connectivity index (χ2v) is 5.10. The Labute approximate surface area is 99.9 Å². The zero-order valence-electron chi connectivity index (χ0n) is 9.39. The van der Waals surface area contributed by atoms with Gasteiger partial charge >= 0.3 is 0 Å². The van der Waals surface area contributed by atoms with Crippen LogP contribution in [0.25, 0.3) is 0 Å². The zero-order chi connectivity index (χ0) is 11.4. The van der Waals surface area contributed by atoms with Crippen molar-refractivity contribution in [2.75, 3.05) is 12.4 Å². The standard InChI is InChI=1S/C11H17N3OS/c1-8-4-5-12-11(13-8)16-7-10(6-15)14-9-2-3-9/h4-5,9-10,14-15H,2-3,6-7H2,1H3. The molecule has 0 aliphatic heterocycles. The van der Waals surface area contributed by atoms with Crippen molar-refractivity contribution in [3.05, 3.63) is 18.0 Å². The highest BCUT2D eigenvalue weighted by molar-refractivity contribution is 7.99. The summed E-state index contributed by atoms with van der Waals surface area (Å²) in [7, 11) is 0. The Hall–Kier alpha value is -0.650. The SMILES string of the molecule is Cc1ccnc(SCC(CO)NC2CC2)n1. The molecule has 1 saturated carbocycles. The Morgan fingerprint density at radius 3 is 3.06 bits per heavy atom. The van der Waals surface area contributed by atoms with Crippen LogP contribution in [-0.4, -0.2) is 39.5 Å². The van der Waals surface area contributed by atoms with Crippen molar-refractivity contribution in [3.8, 4) is 0 Å². The van der Waals surface area contributed by atoms with Gasteiger partial charge in [-0.2, -0.15) is 0 Å². The first-order valence-corrected chi connectivity index (χ1v) is 6.56. The Morgan fingerprint density at radius 1 is 1.62 bits per heavy atom.